The topological polar surface area (TPSA) is 55.8 Å². The van der Waals surface area contributed by atoms with Gasteiger partial charge in [0.15, 0.2) is 0 Å². The van der Waals surface area contributed by atoms with Crippen molar-refractivity contribution in [3.05, 3.63) is 0 Å². The lowest BCUT2D eigenvalue weighted by molar-refractivity contribution is -0.162. The van der Waals surface area contributed by atoms with Gasteiger partial charge in [-0.05, 0) is 40.7 Å². The maximum atomic E-state index is 11.9. The minimum absolute atomic E-state index is 0.00887. The molecule has 1 heterocycles. The first kappa shape index (κ1) is 18.9. The molecule has 1 aliphatic rings. The van der Waals surface area contributed by atoms with Crippen LogP contribution < -0.4 is 0 Å². The molecule has 0 atom stereocenters. The Labute approximate surface area is 134 Å². The number of esters is 2. The van der Waals surface area contributed by atoms with E-state index >= 15 is 0 Å². The van der Waals surface area contributed by atoms with E-state index in [2.05, 4.69) is 44.3 Å². The zero-order valence-corrected chi connectivity index (χ0v) is 14.9. The van der Waals surface area contributed by atoms with E-state index in [4.69, 9.17) is 4.74 Å². The summed E-state index contributed by atoms with van der Waals surface area (Å²) in [5.41, 5.74) is -0.0177. The molecule has 1 rings (SSSR count). The normalized spacial score (nSPS) is 21.4. The van der Waals surface area contributed by atoms with Crippen molar-refractivity contribution in [1.29, 1.82) is 0 Å². The van der Waals surface area contributed by atoms with Gasteiger partial charge in [0.1, 0.15) is 6.10 Å². The minimum Gasteiger partial charge on any atom is -0.469 e. The Bertz CT molecular complexity index is 385. The number of nitrogens with zero attached hydrogens (tertiary/aromatic N) is 1. The van der Waals surface area contributed by atoms with Gasteiger partial charge in [0.2, 0.25) is 0 Å². The molecule has 5 heteroatoms. The molecule has 5 nitrogen and oxygen atoms in total. The molecule has 1 aliphatic heterocycles. The van der Waals surface area contributed by atoms with E-state index in [9.17, 15) is 9.59 Å². The van der Waals surface area contributed by atoms with Gasteiger partial charge in [-0.15, -0.1) is 0 Å². The van der Waals surface area contributed by atoms with Crippen LogP contribution in [-0.4, -0.2) is 47.7 Å². The van der Waals surface area contributed by atoms with Gasteiger partial charge in [0.25, 0.3) is 0 Å². The first-order chi connectivity index (χ1) is 10.1. The molecule has 128 valence electrons. The second-order valence-corrected chi connectivity index (χ2v) is 7.37. The quantitative estimate of drug-likeness (QED) is 0.706. The summed E-state index contributed by atoms with van der Waals surface area (Å²) < 4.78 is 10.2. The molecule has 0 amide bonds. The Morgan fingerprint density at radius 3 is 2.00 bits per heavy atom. The maximum Gasteiger partial charge on any atom is 0.306 e. The van der Waals surface area contributed by atoms with Crippen molar-refractivity contribution < 1.29 is 19.1 Å². The summed E-state index contributed by atoms with van der Waals surface area (Å²) in [6.45, 7) is 12.1. The fourth-order valence-electron chi connectivity index (χ4n) is 3.69. The van der Waals surface area contributed by atoms with Crippen LogP contribution in [0.2, 0.25) is 0 Å². The third kappa shape index (κ3) is 4.97. The van der Waals surface area contributed by atoms with Gasteiger partial charge in [0, 0.05) is 23.9 Å². The Morgan fingerprint density at radius 1 is 1.05 bits per heavy atom. The number of hydrogen-bond acceptors (Lipinski definition) is 5. The van der Waals surface area contributed by atoms with Gasteiger partial charge in [-0.2, -0.15) is 0 Å². The number of rotatable bonds is 6. The largest absolute Gasteiger partial charge is 0.469 e. The molecule has 0 aromatic carbocycles. The standard InChI is InChI=1S/C17H31NO4/c1-7-10-18-16(2,3)11-13(12-17(18,4)5)22-15(20)9-8-14(19)21-6/h13H,7-12H2,1-6H3. The molecule has 1 saturated heterocycles. The lowest BCUT2D eigenvalue weighted by Crippen LogP contribution is -2.62. The Morgan fingerprint density at radius 2 is 1.55 bits per heavy atom. The second kappa shape index (κ2) is 7.44. The van der Waals surface area contributed by atoms with Crippen molar-refractivity contribution in [1.82, 2.24) is 4.90 Å². The molecular formula is C17H31NO4. The van der Waals surface area contributed by atoms with Crippen LogP contribution in [0.25, 0.3) is 0 Å². The average Bonchev–Trinajstić information content (AvgIpc) is 2.39. The zero-order valence-electron chi connectivity index (χ0n) is 14.9. The van der Waals surface area contributed by atoms with Crippen molar-refractivity contribution in [2.24, 2.45) is 0 Å². The Hall–Kier alpha value is -1.10. The molecule has 0 aromatic rings. The summed E-state index contributed by atoms with van der Waals surface area (Å²) in [7, 11) is 1.32. The van der Waals surface area contributed by atoms with Gasteiger partial charge in [-0.1, -0.05) is 6.92 Å². The van der Waals surface area contributed by atoms with Crippen LogP contribution in [0.1, 0.15) is 66.7 Å². The second-order valence-electron chi connectivity index (χ2n) is 7.37. The van der Waals surface area contributed by atoms with Crippen LogP contribution in [-0.2, 0) is 19.1 Å². The molecule has 0 saturated carbocycles. The van der Waals surface area contributed by atoms with E-state index in [1.54, 1.807) is 0 Å². The summed E-state index contributed by atoms with van der Waals surface area (Å²) >= 11 is 0. The third-order valence-corrected chi connectivity index (χ3v) is 4.42. The number of likely N-dealkylation sites (tertiary alicyclic amines) is 1. The van der Waals surface area contributed by atoms with Crippen LogP contribution in [0.5, 0.6) is 0 Å². The number of hydrogen-bond donors (Lipinski definition) is 0. The highest BCUT2D eigenvalue weighted by molar-refractivity contribution is 5.77. The van der Waals surface area contributed by atoms with E-state index in [1.807, 2.05) is 0 Å². The molecule has 0 radical (unpaired) electrons. The highest BCUT2D eigenvalue weighted by Gasteiger charge is 2.45. The van der Waals surface area contributed by atoms with Crippen LogP contribution in [0, 0.1) is 0 Å². The lowest BCUT2D eigenvalue weighted by Gasteiger charge is -2.55. The lowest BCUT2D eigenvalue weighted by atomic mass is 9.78. The predicted molar refractivity (Wildman–Crippen MR) is 85.5 cm³/mol. The smallest absolute Gasteiger partial charge is 0.306 e. The monoisotopic (exact) mass is 313 g/mol. The average molecular weight is 313 g/mol. The number of carbonyl (C=O) groups is 2. The molecule has 0 aliphatic carbocycles. The molecule has 1 fully saturated rings. The van der Waals surface area contributed by atoms with Crippen molar-refractivity contribution in [2.45, 2.75) is 83.9 Å². The van der Waals surface area contributed by atoms with E-state index in [1.165, 1.54) is 7.11 Å². The maximum absolute atomic E-state index is 11.9. The summed E-state index contributed by atoms with van der Waals surface area (Å²) in [5, 5.41) is 0. The van der Waals surface area contributed by atoms with Gasteiger partial charge in [0.05, 0.1) is 20.0 Å². The first-order valence-corrected chi connectivity index (χ1v) is 8.16. The molecule has 0 spiro atoms. The number of piperidine rings is 1. The van der Waals surface area contributed by atoms with E-state index in [-0.39, 0.29) is 42.0 Å². The minimum atomic E-state index is -0.379. The molecule has 0 N–H and O–H groups in total. The Balaban J connectivity index is 2.64. The summed E-state index contributed by atoms with van der Waals surface area (Å²) in [5.74, 6) is -0.693. The van der Waals surface area contributed by atoms with Crippen LogP contribution >= 0.6 is 0 Å². The van der Waals surface area contributed by atoms with Gasteiger partial charge in [-0.25, -0.2) is 0 Å². The summed E-state index contributed by atoms with van der Waals surface area (Å²) in [4.78, 5) is 25.5. The van der Waals surface area contributed by atoms with Crippen molar-refractivity contribution in [3.8, 4) is 0 Å². The molecule has 0 aromatic heterocycles. The molecule has 22 heavy (non-hydrogen) atoms. The zero-order chi connectivity index (χ0) is 17.0. The Kier molecular flexibility index (Phi) is 6.41. The van der Waals surface area contributed by atoms with Crippen molar-refractivity contribution in [2.75, 3.05) is 13.7 Å². The van der Waals surface area contributed by atoms with Crippen molar-refractivity contribution in [3.63, 3.8) is 0 Å². The number of ether oxygens (including phenoxy) is 2. The SMILES string of the molecule is CCCN1C(C)(C)CC(OC(=O)CCC(=O)OC)CC1(C)C. The third-order valence-electron chi connectivity index (χ3n) is 4.42. The van der Waals surface area contributed by atoms with E-state index in [0.717, 1.165) is 25.8 Å². The summed E-state index contributed by atoms with van der Waals surface area (Å²) in [6, 6.07) is 0. The van der Waals surface area contributed by atoms with Gasteiger partial charge < -0.3 is 9.47 Å². The van der Waals surface area contributed by atoms with E-state index in [0.29, 0.717) is 0 Å². The molecular weight excluding hydrogens is 282 g/mol. The highest BCUT2D eigenvalue weighted by atomic mass is 16.5. The fraction of sp³-hybridized carbons (Fsp3) is 0.882. The van der Waals surface area contributed by atoms with E-state index < -0.39 is 0 Å². The number of methoxy groups -OCH3 is 1. The van der Waals surface area contributed by atoms with Crippen LogP contribution in [0.3, 0.4) is 0 Å². The molecule has 0 unspecified atom stereocenters. The fourth-order valence-corrected chi connectivity index (χ4v) is 3.69. The summed E-state index contributed by atoms with van der Waals surface area (Å²) in [6.07, 6.45) is 2.82. The number of carbonyl (C=O) groups excluding carboxylic acids is 2. The first-order valence-electron chi connectivity index (χ1n) is 8.16. The van der Waals surface area contributed by atoms with Crippen molar-refractivity contribution >= 4 is 11.9 Å². The van der Waals surface area contributed by atoms with Gasteiger partial charge in [-0.3, -0.25) is 14.5 Å². The highest BCUT2D eigenvalue weighted by Crippen LogP contribution is 2.39. The molecule has 0 bridgehead atoms. The predicted octanol–water partition coefficient (Wildman–Crippen LogP) is 2.91. The van der Waals surface area contributed by atoms with Gasteiger partial charge >= 0.3 is 11.9 Å². The van der Waals surface area contributed by atoms with Crippen LogP contribution in [0.15, 0.2) is 0 Å². The van der Waals surface area contributed by atoms with Crippen LogP contribution in [0.4, 0.5) is 0 Å².